The van der Waals surface area contributed by atoms with Crippen molar-refractivity contribution < 1.29 is 4.79 Å². The first-order valence-corrected chi connectivity index (χ1v) is 6.73. The van der Waals surface area contributed by atoms with Gasteiger partial charge in [0.15, 0.2) is 0 Å². The number of carbonyl (C=O) groups excluding carboxylic acids is 1. The Morgan fingerprint density at radius 3 is 2.74 bits per heavy atom. The van der Waals surface area contributed by atoms with Gasteiger partial charge in [-0.2, -0.15) is 0 Å². The van der Waals surface area contributed by atoms with Gasteiger partial charge in [0.1, 0.15) is 0 Å². The van der Waals surface area contributed by atoms with E-state index in [4.69, 9.17) is 0 Å². The van der Waals surface area contributed by atoms with Gasteiger partial charge in [0.25, 0.3) is 0 Å². The summed E-state index contributed by atoms with van der Waals surface area (Å²) in [6, 6.07) is 7.97. The highest BCUT2D eigenvalue weighted by Crippen LogP contribution is 2.20. The fourth-order valence-corrected chi connectivity index (χ4v) is 2.30. The summed E-state index contributed by atoms with van der Waals surface area (Å²) in [5.41, 5.74) is 1.98. The lowest BCUT2D eigenvalue weighted by Crippen LogP contribution is -2.46. The molecule has 0 spiro atoms. The van der Waals surface area contributed by atoms with Crippen LogP contribution in [0.25, 0.3) is 0 Å². The minimum atomic E-state index is -0.173. The molecule has 1 amide bonds. The number of rotatable bonds is 4. The summed E-state index contributed by atoms with van der Waals surface area (Å²) in [5, 5.41) is 2.80. The van der Waals surface area contributed by atoms with Gasteiger partial charge in [0, 0.05) is 37.6 Å². The molecule has 1 aromatic rings. The molecule has 1 fully saturated rings. The van der Waals surface area contributed by atoms with E-state index in [1.165, 1.54) is 6.08 Å². The number of hydrogen-bond acceptors (Lipinski definition) is 3. The maximum absolute atomic E-state index is 11.3. The fraction of sp³-hybridized carbons (Fsp3) is 0.400. The maximum Gasteiger partial charge on any atom is 0.247 e. The van der Waals surface area contributed by atoms with Crippen LogP contribution in [0.15, 0.2) is 36.9 Å². The molecule has 0 unspecified atom stereocenters. The van der Waals surface area contributed by atoms with Gasteiger partial charge in [-0.1, -0.05) is 19.6 Å². The van der Waals surface area contributed by atoms with E-state index >= 15 is 0 Å². The molecule has 1 N–H and O–H groups in total. The lowest BCUT2D eigenvalue weighted by Gasteiger charge is -2.35. The van der Waals surface area contributed by atoms with Crippen molar-refractivity contribution in [2.24, 2.45) is 0 Å². The van der Waals surface area contributed by atoms with Gasteiger partial charge >= 0.3 is 0 Å². The lowest BCUT2D eigenvalue weighted by molar-refractivity contribution is -0.111. The smallest absolute Gasteiger partial charge is 0.247 e. The third kappa shape index (κ3) is 3.58. The van der Waals surface area contributed by atoms with Crippen molar-refractivity contribution in [2.75, 3.05) is 42.9 Å². The molecular weight excluding hydrogens is 238 g/mol. The van der Waals surface area contributed by atoms with E-state index in [9.17, 15) is 4.79 Å². The van der Waals surface area contributed by atoms with E-state index in [2.05, 4.69) is 34.7 Å². The van der Waals surface area contributed by atoms with Crippen LogP contribution in [0.3, 0.4) is 0 Å². The average Bonchev–Trinajstić information content (AvgIpc) is 2.47. The molecule has 0 radical (unpaired) electrons. The number of hydrogen-bond donors (Lipinski definition) is 1. The van der Waals surface area contributed by atoms with Crippen molar-refractivity contribution >= 4 is 17.3 Å². The van der Waals surface area contributed by atoms with Gasteiger partial charge in [-0.25, -0.2) is 0 Å². The van der Waals surface area contributed by atoms with Crippen LogP contribution in [0.2, 0.25) is 0 Å². The Labute approximate surface area is 114 Å². The van der Waals surface area contributed by atoms with E-state index in [0.29, 0.717) is 0 Å². The van der Waals surface area contributed by atoms with E-state index in [0.717, 1.165) is 44.1 Å². The first-order chi connectivity index (χ1) is 9.22. The van der Waals surface area contributed by atoms with Crippen LogP contribution in [0, 0.1) is 0 Å². The van der Waals surface area contributed by atoms with Crippen molar-refractivity contribution in [3.05, 3.63) is 36.9 Å². The number of piperazine rings is 1. The van der Waals surface area contributed by atoms with Crippen molar-refractivity contribution in [3.63, 3.8) is 0 Å². The second-order valence-electron chi connectivity index (χ2n) is 4.67. The Kier molecular flexibility index (Phi) is 4.58. The van der Waals surface area contributed by atoms with Gasteiger partial charge in [0.2, 0.25) is 5.91 Å². The van der Waals surface area contributed by atoms with Gasteiger partial charge in [-0.15, -0.1) is 0 Å². The third-order valence-corrected chi connectivity index (χ3v) is 3.48. The molecule has 0 aromatic heterocycles. The zero-order valence-corrected chi connectivity index (χ0v) is 11.4. The van der Waals surface area contributed by atoms with Crippen LogP contribution in [-0.2, 0) is 4.79 Å². The average molecular weight is 259 g/mol. The third-order valence-electron chi connectivity index (χ3n) is 3.48. The van der Waals surface area contributed by atoms with Crippen molar-refractivity contribution in [2.45, 2.75) is 6.92 Å². The van der Waals surface area contributed by atoms with E-state index in [1.807, 2.05) is 18.2 Å². The Hall–Kier alpha value is -1.81. The summed E-state index contributed by atoms with van der Waals surface area (Å²) >= 11 is 0. The molecule has 1 aliphatic heterocycles. The molecule has 102 valence electrons. The van der Waals surface area contributed by atoms with Crippen molar-refractivity contribution in [1.82, 2.24) is 4.90 Å². The van der Waals surface area contributed by atoms with Crippen LogP contribution in [-0.4, -0.2) is 43.5 Å². The Morgan fingerprint density at radius 2 is 2.11 bits per heavy atom. The predicted molar refractivity (Wildman–Crippen MR) is 79.6 cm³/mol. The highest BCUT2D eigenvalue weighted by molar-refractivity contribution is 5.99. The second-order valence-corrected chi connectivity index (χ2v) is 4.67. The molecule has 1 saturated heterocycles. The van der Waals surface area contributed by atoms with Gasteiger partial charge < -0.3 is 15.1 Å². The zero-order valence-electron chi connectivity index (χ0n) is 11.4. The molecule has 0 aliphatic carbocycles. The van der Waals surface area contributed by atoms with Crippen LogP contribution in [0.4, 0.5) is 11.4 Å². The minimum Gasteiger partial charge on any atom is -0.369 e. The maximum atomic E-state index is 11.3. The number of nitrogens with zero attached hydrogens (tertiary/aromatic N) is 2. The SMILES string of the molecule is C=CC(=O)Nc1cccc(N2CCN(CC)CC2)c1. The summed E-state index contributed by atoms with van der Waals surface area (Å²) in [4.78, 5) is 16.1. The number of nitrogens with one attached hydrogen (secondary N) is 1. The van der Waals surface area contributed by atoms with Crippen LogP contribution < -0.4 is 10.2 Å². The molecule has 0 bridgehead atoms. The van der Waals surface area contributed by atoms with Crippen LogP contribution in [0.5, 0.6) is 0 Å². The van der Waals surface area contributed by atoms with Gasteiger partial charge in [0.05, 0.1) is 0 Å². The first-order valence-electron chi connectivity index (χ1n) is 6.73. The summed E-state index contributed by atoms with van der Waals surface area (Å²) in [6.45, 7) is 11.0. The summed E-state index contributed by atoms with van der Waals surface area (Å²) in [6.07, 6.45) is 1.28. The van der Waals surface area contributed by atoms with E-state index < -0.39 is 0 Å². The summed E-state index contributed by atoms with van der Waals surface area (Å²) in [5.74, 6) is -0.173. The molecule has 0 atom stereocenters. The van der Waals surface area contributed by atoms with E-state index in [1.54, 1.807) is 0 Å². The molecule has 4 heteroatoms. The summed E-state index contributed by atoms with van der Waals surface area (Å²) in [7, 11) is 0. The highest BCUT2D eigenvalue weighted by Gasteiger charge is 2.15. The standard InChI is InChI=1S/C15H21N3O/c1-3-15(19)16-13-6-5-7-14(12-13)18-10-8-17(4-2)9-11-18/h3,5-7,12H,1,4,8-11H2,2H3,(H,16,19). The molecule has 1 aliphatic rings. The lowest BCUT2D eigenvalue weighted by atomic mass is 10.2. The molecule has 1 aromatic carbocycles. The quantitative estimate of drug-likeness (QED) is 0.840. The normalized spacial score (nSPS) is 16.2. The Morgan fingerprint density at radius 1 is 1.37 bits per heavy atom. The number of benzene rings is 1. The van der Waals surface area contributed by atoms with Crippen molar-refractivity contribution in [3.8, 4) is 0 Å². The number of likely N-dealkylation sites (N-methyl/N-ethyl adjacent to an activating group) is 1. The van der Waals surface area contributed by atoms with Gasteiger partial charge in [-0.3, -0.25) is 4.79 Å². The zero-order chi connectivity index (χ0) is 13.7. The topological polar surface area (TPSA) is 35.6 Å². The Balaban J connectivity index is 2.02. The molecular formula is C15H21N3O. The van der Waals surface area contributed by atoms with Crippen LogP contribution in [0.1, 0.15) is 6.92 Å². The number of amides is 1. The predicted octanol–water partition coefficient (Wildman–Crippen LogP) is 1.95. The largest absolute Gasteiger partial charge is 0.369 e. The Bertz CT molecular complexity index is 450. The highest BCUT2D eigenvalue weighted by atomic mass is 16.1. The molecule has 0 saturated carbocycles. The fourth-order valence-electron chi connectivity index (χ4n) is 2.30. The molecule has 1 heterocycles. The molecule has 2 rings (SSSR count). The van der Waals surface area contributed by atoms with E-state index in [-0.39, 0.29) is 5.91 Å². The molecule has 19 heavy (non-hydrogen) atoms. The summed E-state index contributed by atoms with van der Waals surface area (Å²) < 4.78 is 0. The second kappa shape index (κ2) is 6.38. The van der Waals surface area contributed by atoms with Crippen LogP contribution >= 0.6 is 0 Å². The minimum absolute atomic E-state index is 0.173. The number of carbonyl (C=O) groups is 1. The van der Waals surface area contributed by atoms with Crippen molar-refractivity contribution in [1.29, 1.82) is 0 Å². The monoisotopic (exact) mass is 259 g/mol. The van der Waals surface area contributed by atoms with Gasteiger partial charge in [-0.05, 0) is 30.8 Å². The molecule has 4 nitrogen and oxygen atoms in total. The number of anilines is 2. The first kappa shape index (κ1) is 13.6.